The Bertz CT molecular complexity index is 739. The van der Waals surface area contributed by atoms with Gasteiger partial charge in [0, 0.05) is 30.7 Å². The second-order valence-electron chi connectivity index (χ2n) is 6.23. The fourth-order valence-corrected chi connectivity index (χ4v) is 3.11. The van der Waals surface area contributed by atoms with Crippen LogP contribution in [0.15, 0.2) is 18.3 Å². The summed E-state index contributed by atoms with van der Waals surface area (Å²) in [4.78, 5) is 23.9. The predicted octanol–water partition coefficient (Wildman–Crippen LogP) is 4.12. The maximum Gasteiger partial charge on any atom is 0.259 e. The van der Waals surface area contributed by atoms with Crippen molar-refractivity contribution in [1.29, 1.82) is 0 Å². The van der Waals surface area contributed by atoms with E-state index in [1.54, 1.807) is 6.20 Å². The minimum Gasteiger partial charge on any atom is -0.367 e. The van der Waals surface area contributed by atoms with E-state index in [9.17, 15) is 4.79 Å². The molecule has 0 unspecified atom stereocenters. The highest BCUT2D eigenvalue weighted by atomic mass is 35.5. The van der Waals surface area contributed by atoms with Crippen LogP contribution in [0.4, 0.5) is 5.82 Å². The zero-order valence-electron chi connectivity index (χ0n) is 14.2. The molecule has 0 aliphatic heterocycles. The number of hydrogen-bond acceptors (Lipinski definition) is 4. The molecule has 0 atom stereocenters. The van der Waals surface area contributed by atoms with Crippen molar-refractivity contribution in [2.24, 2.45) is 0 Å². The third-order valence-electron chi connectivity index (χ3n) is 4.10. The Kier molecular flexibility index (Phi) is 5.19. The lowest BCUT2D eigenvalue weighted by Crippen LogP contribution is -2.33. The second kappa shape index (κ2) is 7.34. The molecule has 2 heterocycles. The van der Waals surface area contributed by atoms with E-state index in [4.69, 9.17) is 11.6 Å². The largest absolute Gasteiger partial charge is 0.367 e. The summed E-state index contributed by atoms with van der Waals surface area (Å²) in [6.07, 6.45) is 5.71. The number of rotatable bonds is 7. The molecule has 1 saturated carbocycles. The van der Waals surface area contributed by atoms with E-state index in [-0.39, 0.29) is 5.91 Å². The summed E-state index contributed by atoms with van der Waals surface area (Å²) >= 11 is 6.62. The maximum atomic E-state index is 13.2. The molecule has 1 aliphatic rings. The van der Waals surface area contributed by atoms with Crippen molar-refractivity contribution in [3.63, 3.8) is 0 Å². The van der Waals surface area contributed by atoms with Crippen LogP contribution in [-0.2, 0) is 0 Å². The summed E-state index contributed by atoms with van der Waals surface area (Å²) in [7, 11) is 0. The molecule has 6 heteroatoms. The number of fused-ring (bicyclic) bond motifs is 1. The molecule has 1 amide bonds. The van der Waals surface area contributed by atoms with Crippen LogP contribution in [-0.4, -0.2) is 39.9 Å². The Hall–Kier alpha value is -1.88. The average molecular weight is 347 g/mol. The van der Waals surface area contributed by atoms with Crippen LogP contribution in [0.2, 0.25) is 5.02 Å². The number of nitrogens with one attached hydrogen (secondary N) is 1. The maximum absolute atomic E-state index is 13.2. The Morgan fingerprint density at radius 1 is 1.33 bits per heavy atom. The third-order valence-corrected chi connectivity index (χ3v) is 4.50. The zero-order valence-corrected chi connectivity index (χ0v) is 14.9. The molecule has 3 rings (SSSR count). The van der Waals surface area contributed by atoms with Crippen LogP contribution in [0, 0.1) is 0 Å². The number of nitrogens with zero attached hydrogens (tertiary/aromatic N) is 3. The normalized spacial score (nSPS) is 14.0. The molecule has 0 radical (unpaired) electrons. The predicted molar refractivity (Wildman–Crippen MR) is 97.7 cm³/mol. The number of anilines is 1. The van der Waals surface area contributed by atoms with Crippen LogP contribution in [0.3, 0.4) is 0 Å². The quantitative estimate of drug-likeness (QED) is 0.819. The molecule has 0 spiro atoms. The van der Waals surface area contributed by atoms with E-state index in [1.807, 2.05) is 17.0 Å². The number of carbonyl (C=O) groups is 1. The van der Waals surface area contributed by atoms with Crippen LogP contribution in [0.25, 0.3) is 11.0 Å². The number of halogens is 1. The molecule has 1 N–H and O–H groups in total. The van der Waals surface area contributed by atoms with E-state index in [0.717, 1.165) is 44.2 Å². The van der Waals surface area contributed by atoms with Crippen LogP contribution in [0.5, 0.6) is 0 Å². The van der Waals surface area contributed by atoms with Crippen molar-refractivity contribution in [1.82, 2.24) is 14.9 Å². The summed E-state index contributed by atoms with van der Waals surface area (Å²) in [5.41, 5.74) is 1.05. The molecule has 0 aromatic carbocycles. The van der Waals surface area contributed by atoms with Crippen molar-refractivity contribution >= 4 is 34.4 Å². The fourth-order valence-electron chi connectivity index (χ4n) is 2.79. The number of carbonyl (C=O) groups excluding carboxylic acids is 1. The van der Waals surface area contributed by atoms with Crippen molar-refractivity contribution in [3.05, 3.63) is 28.9 Å². The molecular weight excluding hydrogens is 324 g/mol. The van der Waals surface area contributed by atoms with Gasteiger partial charge in [0.1, 0.15) is 11.4 Å². The van der Waals surface area contributed by atoms with Gasteiger partial charge in [-0.2, -0.15) is 0 Å². The van der Waals surface area contributed by atoms with E-state index < -0.39 is 0 Å². The summed E-state index contributed by atoms with van der Waals surface area (Å²) in [6.45, 7) is 5.58. The lowest BCUT2D eigenvalue weighted by molar-refractivity contribution is 0.0756. The number of hydrogen-bond donors (Lipinski definition) is 1. The van der Waals surface area contributed by atoms with E-state index >= 15 is 0 Å². The molecule has 1 fully saturated rings. The highest BCUT2D eigenvalue weighted by molar-refractivity contribution is 6.39. The van der Waals surface area contributed by atoms with Crippen molar-refractivity contribution in [2.45, 2.75) is 45.6 Å². The highest BCUT2D eigenvalue weighted by Gasteiger charge is 2.28. The Morgan fingerprint density at radius 3 is 2.67 bits per heavy atom. The van der Waals surface area contributed by atoms with Gasteiger partial charge < -0.3 is 10.2 Å². The van der Waals surface area contributed by atoms with Crippen LogP contribution >= 0.6 is 11.6 Å². The first-order valence-electron chi connectivity index (χ1n) is 8.65. The minimum atomic E-state index is -0.0508. The molecule has 0 bridgehead atoms. The Labute approximate surface area is 147 Å². The zero-order chi connectivity index (χ0) is 17.1. The monoisotopic (exact) mass is 346 g/mol. The summed E-state index contributed by atoms with van der Waals surface area (Å²) in [5, 5.41) is 4.52. The first-order chi connectivity index (χ1) is 11.7. The summed E-state index contributed by atoms with van der Waals surface area (Å²) in [6, 6.07) is 4.06. The minimum absolute atomic E-state index is 0.0508. The number of pyridine rings is 2. The lowest BCUT2D eigenvalue weighted by atomic mass is 10.1. The van der Waals surface area contributed by atoms with Gasteiger partial charge in [0.25, 0.3) is 5.91 Å². The third kappa shape index (κ3) is 3.46. The van der Waals surface area contributed by atoms with Gasteiger partial charge in [-0.25, -0.2) is 9.97 Å². The number of aromatic nitrogens is 2. The first-order valence-corrected chi connectivity index (χ1v) is 9.03. The molecule has 128 valence electrons. The molecule has 5 nitrogen and oxygen atoms in total. The van der Waals surface area contributed by atoms with Gasteiger partial charge in [-0.05, 0) is 37.8 Å². The molecule has 2 aromatic rings. The standard InChI is InChI=1S/C18H23ClN4O/c1-3-10-23(11-4-2)18(24)14-15(19)13-6-5-9-20-16(13)22-17(14)21-12-7-8-12/h5-6,9,12H,3-4,7-8,10-11H2,1-2H3,(H,20,21,22). The van der Waals surface area contributed by atoms with Gasteiger partial charge in [0.2, 0.25) is 0 Å². The molecule has 1 aliphatic carbocycles. The molecule has 24 heavy (non-hydrogen) atoms. The van der Waals surface area contributed by atoms with Crippen molar-refractivity contribution in [2.75, 3.05) is 18.4 Å². The topological polar surface area (TPSA) is 58.1 Å². The van der Waals surface area contributed by atoms with Gasteiger partial charge in [-0.15, -0.1) is 0 Å². The van der Waals surface area contributed by atoms with E-state index in [0.29, 0.717) is 28.1 Å². The number of amides is 1. The first kappa shape index (κ1) is 17.0. The van der Waals surface area contributed by atoms with Gasteiger partial charge in [-0.3, -0.25) is 4.79 Å². The van der Waals surface area contributed by atoms with Crippen LogP contribution < -0.4 is 5.32 Å². The smallest absolute Gasteiger partial charge is 0.259 e. The summed E-state index contributed by atoms with van der Waals surface area (Å²) in [5.74, 6) is 0.515. The Balaban J connectivity index is 2.08. The highest BCUT2D eigenvalue weighted by Crippen LogP contribution is 2.34. The SMILES string of the molecule is CCCN(CCC)C(=O)c1c(NC2CC2)nc2ncccc2c1Cl. The van der Waals surface area contributed by atoms with E-state index in [2.05, 4.69) is 29.1 Å². The van der Waals surface area contributed by atoms with Crippen molar-refractivity contribution in [3.8, 4) is 0 Å². The van der Waals surface area contributed by atoms with Crippen molar-refractivity contribution < 1.29 is 4.79 Å². The Morgan fingerprint density at radius 2 is 2.04 bits per heavy atom. The summed E-state index contributed by atoms with van der Waals surface area (Å²) < 4.78 is 0. The molecular formula is C18H23ClN4O. The average Bonchev–Trinajstić information content (AvgIpc) is 3.38. The van der Waals surface area contributed by atoms with Gasteiger partial charge in [0.15, 0.2) is 5.65 Å². The molecule has 0 saturated heterocycles. The van der Waals surface area contributed by atoms with Gasteiger partial charge >= 0.3 is 0 Å². The second-order valence-corrected chi connectivity index (χ2v) is 6.61. The fraction of sp³-hybridized carbons (Fsp3) is 0.500. The lowest BCUT2D eigenvalue weighted by Gasteiger charge is -2.23. The van der Waals surface area contributed by atoms with Crippen LogP contribution in [0.1, 0.15) is 49.9 Å². The van der Waals surface area contributed by atoms with Gasteiger partial charge in [0.05, 0.1) is 5.02 Å². The van der Waals surface area contributed by atoms with Gasteiger partial charge in [-0.1, -0.05) is 25.4 Å². The molecule has 2 aromatic heterocycles. The van der Waals surface area contributed by atoms with E-state index in [1.165, 1.54) is 0 Å².